The highest BCUT2D eigenvalue weighted by molar-refractivity contribution is 5.55. The Bertz CT molecular complexity index is 910. The van der Waals surface area contributed by atoms with Crippen LogP contribution in [0, 0.1) is 11.6 Å². The van der Waals surface area contributed by atoms with Gasteiger partial charge in [0.15, 0.2) is 5.82 Å². The summed E-state index contributed by atoms with van der Waals surface area (Å²) in [5.74, 6) is 0.528. The summed E-state index contributed by atoms with van der Waals surface area (Å²) in [6.07, 6.45) is 1.61. The molecule has 0 spiro atoms. The minimum absolute atomic E-state index is 0.208. The number of halogens is 2. The average molecular weight is 368 g/mol. The molecule has 0 aliphatic carbocycles. The second-order valence-electron chi connectivity index (χ2n) is 6.20. The lowest BCUT2D eigenvalue weighted by atomic mass is 10.2. The van der Waals surface area contributed by atoms with Crippen LogP contribution in [-0.4, -0.2) is 41.4 Å². The topological polar surface area (TPSA) is 57.2 Å². The molecule has 0 unspecified atom stereocenters. The Labute approximate surface area is 155 Å². The molecule has 1 aliphatic heterocycles. The Morgan fingerprint density at radius 2 is 1.56 bits per heavy atom. The molecule has 27 heavy (non-hydrogen) atoms. The molecule has 6 nitrogen and oxygen atoms in total. The summed E-state index contributed by atoms with van der Waals surface area (Å²) >= 11 is 0. The molecule has 1 aliphatic rings. The molecule has 0 saturated carbocycles. The maximum Gasteiger partial charge on any atom is 0.249 e. The summed E-state index contributed by atoms with van der Waals surface area (Å²) in [4.78, 5) is 8.60. The molecule has 1 saturated heterocycles. The van der Waals surface area contributed by atoms with Crippen molar-refractivity contribution in [2.24, 2.45) is 0 Å². The molecule has 8 heteroatoms. The quantitative estimate of drug-likeness (QED) is 0.763. The van der Waals surface area contributed by atoms with Crippen molar-refractivity contribution in [3.05, 3.63) is 66.4 Å². The zero-order valence-corrected chi connectivity index (χ0v) is 14.5. The highest BCUT2D eigenvalue weighted by Gasteiger charge is 2.20. The second kappa shape index (κ2) is 7.53. The average Bonchev–Trinajstić information content (AvgIpc) is 2.71. The number of para-hydroxylation sites is 1. The highest BCUT2D eigenvalue weighted by Crippen LogP contribution is 2.22. The first kappa shape index (κ1) is 17.1. The van der Waals surface area contributed by atoms with E-state index in [-0.39, 0.29) is 11.6 Å². The van der Waals surface area contributed by atoms with Crippen molar-refractivity contribution in [2.75, 3.05) is 41.3 Å². The van der Waals surface area contributed by atoms with Crippen LogP contribution < -0.4 is 15.1 Å². The van der Waals surface area contributed by atoms with Gasteiger partial charge in [0.25, 0.3) is 0 Å². The monoisotopic (exact) mass is 368 g/mol. The zero-order chi connectivity index (χ0) is 18.6. The maximum atomic E-state index is 14.0. The van der Waals surface area contributed by atoms with E-state index in [1.165, 1.54) is 18.2 Å². The van der Waals surface area contributed by atoms with E-state index in [0.717, 1.165) is 0 Å². The third-order valence-electron chi connectivity index (χ3n) is 4.44. The van der Waals surface area contributed by atoms with E-state index in [9.17, 15) is 8.78 Å². The van der Waals surface area contributed by atoms with E-state index < -0.39 is 0 Å². The van der Waals surface area contributed by atoms with Crippen molar-refractivity contribution in [1.29, 1.82) is 0 Å². The minimum atomic E-state index is -0.305. The van der Waals surface area contributed by atoms with Crippen LogP contribution in [0.2, 0.25) is 0 Å². The summed E-state index contributed by atoms with van der Waals surface area (Å²) in [6.45, 7) is 2.77. The third kappa shape index (κ3) is 3.94. The normalized spacial score (nSPS) is 14.3. The fourth-order valence-corrected chi connectivity index (χ4v) is 3.05. The lowest BCUT2D eigenvalue weighted by molar-refractivity contribution is 0.595. The van der Waals surface area contributed by atoms with Gasteiger partial charge >= 0.3 is 0 Å². The van der Waals surface area contributed by atoms with Gasteiger partial charge in [0, 0.05) is 31.9 Å². The van der Waals surface area contributed by atoms with Crippen molar-refractivity contribution in [1.82, 2.24) is 15.2 Å². The second-order valence-corrected chi connectivity index (χ2v) is 6.20. The fourth-order valence-electron chi connectivity index (χ4n) is 3.05. The van der Waals surface area contributed by atoms with E-state index in [1.807, 2.05) is 11.0 Å². The number of hydrogen-bond donors (Lipinski definition) is 1. The van der Waals surface area contributed by atoms with Crippen molar-refractivity contribution in [3.8, 4) is 0 Å². The summed E-state index contributed by atoms with van der Waals surface area (Å²) in [6, 6.07) is 12.7. The van der Waals surface area contributed by atoms with Crippen molar-refractivity contribution >= 4 is 23.1 Å². The first-order valence-corrected chi connectivity index (χ1v) is 8.66. The van der Waals surface area contributed by atoms with E-state index in [1.54, 1.807) is 30.5 Å². The number of aromatic nitrogens is 3. The van der Waals surface area contributed by atoms with Crippen LogP contribution >= 0.6 is 0 Å². The summed E-state index contributed by atoms with van der Waals surface area (Å²) < 4.78 is 27.0. The molecule has 1 fully saturated rings. The predicted octanol–water partition coefficient (Wildman–Crippen LogP) is 3.22. The maximum absolute atomic E-state index is 14.0. The number of rotatable bonds is 4. The first-order valence-electron chi connectivity index (χ1n) is 8.66. The van der Waals surface area contributed by atoms with Gasteiger partial charge in [-0.1, -0.05) is 12.1 Å². The van der Waals surface area contributed by atoms with Crippen molar-refractivity contribution in [2.45, 2.75) is 0 Å². The number of nitrogens with zero attached hydrogens (tertiary/aromatic N) is 5. The van der Waals surface area contributed by atoms with E-state index in [2.05, 4.69) is 25.4 Å². The number of piperazine rings is 1. The highest BCUT2D eigenvalue weighted by atomic mass is 19.1. The predicted molar refractivity (Wildman–Crippen MR) is 100 cm³/mol. The fraction of sp³-hybridized carbons (Fsp3) is 0.211. The van der Waals surface area contributed by atoms with Crippen LogP contribution in [0.4, 0.5) is 31.9 Å². The molecule has 1 N–H and O–H groups in total. The Morgan fingerprint density at radius 3 is 2.30 bits per heavy atom. The van der Waals surface area contributed by atoms with Crippen LogP contribution in [0.3, 0.4) is 0 Å². The number of nitrogens with one attached hydrogen (secondary N) is 1. The van der Waals surface area contributed by atoms with Crippen LogP contribution in [0.15, 0.2) is 54.7 Å². The summed E-state index contributed by atoms with van der Waals surface area (Å²) in [5, 5.41) is 11.0. The Hall–Kier alpha value is -3.29. The van der Waals surface area contributed by atoms with E-state index in [0.29, 0.717) is 49.3 Å². The van der Waals surface area contributed by atoms with Crippen molar-refractivity contribution < 1.29 is 8.78 Å². The lowest BCUT2D eigenvalue weighted by Crippen LogP contribution is -2.47. The van der Waals surface area contributed by atoms with Crippen LogP contribution in [-0.2, 0) is 0 Å². The van der Waals surface area contributed by atoms with Crippen LogP contribution in [0.1, 0.15) is 0 Å². The van der Waals surface area contributed by atoms with E-state index in [4.69, 9.17) is 0 Å². The number of anilines is 4. The van der Waals surface area contributed by atoms with Crippen LogP contribution in [0.25, 0.3) is 0 Å². The number of hydrogen-bond acceptors (Lipinski definition) is 6. The molecule has 0 bridgehead atoms. The molecule has 1 aromatic heterocycles. The molecule has 0 amide bonds. The van der Waals surface area contributed by atoms with Gasteiger partial charge in [-0.25, -0.2) is 8.78 Å². The van der Waals surface area contributed by atoms with Gasteiger partial charge in [0.1, 0.15) is 11.6 Å². The molecule has 2 heterocycles. The van der Waals surface area contributed by atoms with Gasteiger partial charge in [0.2, 0.25) is 5.95 Å². The Morgan fingerprint density at radius 1 is 0.852 bits per heavy atom. The smallest absolute Gasteiger partial charge is 0.249 e. The Kier molecular flexibility index (Phi) is 4.78. The molecular formula is C19H18F2N6. The zero-order valence-electron chi connectivity index (χ0n) is 14.5. The summed E-state index contributed by atoms with van der Waals surface area (Å²) in [7, 11) is 0. The first-order chi connectivity index (χ1) is 13.2. The molecular weight excluding hydrogens is 350 g/mol. The standard InChI is InChI=1S/C19H18F2N6/c20-14-5-7-15(8-6-14)23-19-24-18(13-22-25-19)27-11-9-26(10-12-27)17-4-2-1-3-16(17)21/h1-8,13H,9-12H2,(H,23,24,25). The van der Waals surface area contributed by atoms with Gasteiger partial charge < -0.3 is 15.1 Å². The Balaban J connectivity index is 1.42. The molecule has 0 atom stereocenters. The van der Waals surface area contributed by atoms with Gasteiger partial charge in [-0.3, -0.25) is 0 Å². The van der Waals surface area contributed by atoms with Gasteiger partial charge in [-0.15, -0.1) is 5.10 Å². The molecule has 4 rings (SSSR count). The SMILES string of the molecule is Fc1ccc(Nc2nncc(N3CCN(c4ccccc4F)CC3)n2)cc1. The van der Waals surface area contributed by atoms with Gasteiger partial charge in [-0.2, -0.15) is 10.1 Å². The molecule has 3 aromatic rings. The molecule has 2 aromatic carbocycles. The van der Waals surface area contributed by atoms with Gasteiger partial charge in [0.05, 0.1) is 11.9 Å². The van der Waals surface area contributed by atoms with Crippen LogP contribution in [0.5, 0.6) is 0 Å². The third-order valence-corrected chi connectivity index (χ3v) is 4.44. The summed E-state index contributed by atoms with van der Waals surface area (Å²) in [5.41, 5.74) is 1.30. The largest absolute Gasteiger partial charge is 0.366 e. The van der Waals surface area contributed by atoms with Gasteiger partial charge in [-0.05, 0) is 36.4 Å². The molecule has 138 valence electrons. The lowest BCUT2D eigenvalue weighted by Gasteiger charge is -2.36. The molecule has 0 radical (unpaired) electrons. The number of benzene rings is 2. The minimum Gasteiger partial charge on any atom is -0.366 e. The van der Waals surface area contributed by atoms with E-state index >= 15 is 0 Å². The van der Waals surface area contributed by atoms with Crippen molar-refractivity contribution in [3.63, 3.8) is 0 Å².